The number of H-pyrrole nitrogens is 1. The fraction of sp³-hybridized carbons (Fsp3) is 0.217. The molecule has 0 aliphatic carbocycles. The van der Waals surface area contributed by atoms with Crippen molar-refractivity contribution in [3.8, 4) is 0 Å². The molecule has 9 nitrogen and oxygen atoms in total. The second-order valence-corrected chi connectivity index (χ2v) is 8.03. The van der Waals surface area contributed by atoms with Crippen LogP contribution in [0.3, 0.4) is 0 Å². The van der Waals surface area contributed by atoms with E-state index in [0.717, 1.165) is 19.5 Å². The van der Waals surface area contributed by atoms with Crippen molar-refractivity contribution in [1.82, 2.24) is 14.9 Å². The largest absolute Gasteiger partial charge is 0.364 e. The van der Waals surface area contributed by atoms with Crippen LogP contribution >= 0.6 is 11.6 Å². The van der Waals surface area contributed by atoms with E-state index >= 15 is 0 Å². The summed E-state index contributed by atoms with van der Waals surface area (Å²) in [5.74, 6) is -1.52. The van der Waals surface area contributed by atoms with Gasteiger partial charge in [-0.3, -0.25) is 14.4 Å². The standard InChI is InChI=1S/C23H23ClN6O3/c24-18-5-2-1-4-17(18)22(32)28-15-6-8-16(9-7-15)30(13-12-29-10-3-11-29)23(33)20-19(21(25)31)26-14-27-20/h1-2,4-9,14H,3,10-13H2,(H2,25,31)(H,26,27)(H,28,32). The molecular formula is C23H23ClN6O3. The van der Waals surface area contributed by atoms with Gasteiger partial charge in [-0.15, -0.1) is 0 Å². The molecule has 1 fully saturated rings. The number of nitrogens with two attached hydrogens (primary N) is 1. The van der Waals surface area contributed by atoms with Crippen LogP contribution < -0.4 is 16.0 Å². The van der Waals surface area contributed by atoms with Gasteiger partial charge in [0.05, 0.1) is 16.9 Å². The first-order valence-corrected chi connectivity index (χ1v) is 10.8. The SMILES string of the molecule is NC(=O)c1[nH]cnc1C(=O)N(CCN1CCC1)c1ccc(NC(=O)c2ccccc2Cl)cc1. The van der Waals surface area contributed by atoms with Gasteiger partial charge >= 0.3 is 0 Å². The van der Waals surface area contributed by atoms with Crippen LogP contribution in [0.15, 0.2) is 54.9 Å². The molecule has 0 spiro atoms. The van der Waals surface area contributed by atoms with Crippen LogP contribution in [0.25, 0.3) is 0 Å². The average molecular weight is 467 g/mol. The maximum Gasteiger partial charge on any atom is 0.279 e. The lowest BCUT2D eigenvalue weighted by Crippen LogP contribution is -2.44. The number of anilines is 2. The summed E-state index contributed by atoms with van der Waals surface area (Å²) >= 11 is 6.10. The highest BCUT2D eigenvalue weighted by molar-refractivity contribution is 6.34. The molecule has 1 saturated heterocycles. The molecule has 2 aromatic carbocycles. The van der Waals surface area contributed by atoms with Crippen LogP contribution in [0.1, 0.15) is 37.8 Å². The molecule has 0 bridgehead atoms. The third-order valence-corrected chi connectivity index (χ3v) is 5.81. The first-order valence-electron chi connectivity index (χ1n) is 10.5. The van der Waals surface area contributed by atoms with E-state index in [4.69, 9.17) is 17.3 Å². The zero-order chi connectivity index (χ0) is 23.4. The van der Waals surface area contributed by atoms with Crippen molar-refractivity contribution in [2.24, 2.45) is 5.73 Å². The number of carbonyl (C=O) groups is 3. The van der Waals surface area contributed by atoms with Gasteiger partial charge in [0.2, 0.25) is 0 Å². The number of benzene rings is 2. The van der Waals surface area contributed by atoms with Crippen molar-refractivity contribution < 1.29 is 14.4 Å². The van der Waals surface area contributed by atoms with E-state index in [-0.39, 0.29) is 17.3 Å². The molecule has 33 heavy (non-hydrogen) atoms. The first-order chi connectivity index (χ1) is 15.9. The monoisotopic (exact) mass is 466 g/mol. The Bertz CT molecular complexity index is 1170. The molecule has 3 aromatic rings. The topological polar surface area (TPSA) is 124 Å². The van der Waals surface area contributed by atoms with Gasteiger partial charge in [-0.1, -0.05) is 23.7 Å². The van der Waals surface area contributed by atoms with Gasteiger partial charge < -0.3 is 25.8 Å². The molecule has 3 amide bonds. The lowest BCUT2D eigenvalue weighted by atomic mass is 10.2. The molecule has 4 rings (SSSR count). The second-order valence-electron chi connectivity index (χ2n) is 7.62. The predicted octanol–water partition coefficient (Wildman–Crippen LogP) is 2.77. The summed E-state index contributed by atoms with van der Waals surface area (Å²) in [7, 11) is 0. The van der Waals surface area contributed by atoms with Crippen LogP contribution in [0.2, 0.25) is 5.02 Å². The van der Waals surface area contributed by atoms with Gasteiger partial charge in [0, 0.05) is 24.5 Å². The van der Waals surface area contributed by atoms with E-state index in [9.17, 15) is 14.4 Å². The number of nitrogens with one attached hydrogen (secondary N) is 2. The second kappa shape index (κ2) is 9.85. The summed E-state index contributed by atoms with van der Waals surface area (Å²) in [4.78, 5) is 47.9. The Hall–Kier alpha value is -3.69. The summed E-state index contributed by atoms with van der Waals surface area (Å²) in [6.07, 6.45) is 2.41. The average Bonchev–Trinajstić information content (AvgIpc) is 3.26. The van der Waals surface area contributed by atoms with Gasteiger partial charge in [-0.2, -0.15) is 0 Å². The first kappa shape index (κ1) is 22.5. The van der Waals surface area contributed by atoms with Crippen molar-refractivity contribution >= 4 is 40.7 Å². The van der Waals surface area contributed by atoms with E-state index in [1.165, 1.54) is 6.33 Å². The molecule has 170 valence electrons. The Kier molecular flexibility index (Phi) is 6.71. The third kappa shape index (κ3) is 5.05. The van der Waals surface area contributed by atoms with Crippen molar-refractivity contribution in [1.29, 1.82) is 0 Å². The third-order valence-electron chi connectivity index (χ3n) is 5.48. The van der Waals surface area contributed by atoms with Crippen molar-refractivity contribution in [2.45, 2.75) is 6.42 Å². The number of likely N-dealkylation sites (tertiary alicyclic amines) is 1. The number of primary amides is 1. The number of hydrogen-bond donors (Lipinski definition) is 3. The Balaban J connectivity index is 1.54. The van der Waals surface area contributed by atoms with E-state index in [0.29, 0.717) is 35.1 Å². The Morgan fingerprint density at radius 1 is 1.12 bits per heavy atom. The van der Waals surface area contributed by atoms with Gasteiger partial charge in [0.15, 0.2) is 5.69 Å². The number of amides is 3. The number of hydrogen-bond acceptors (Lipinski definition) is 5. The highest BCUT2D eigenvalue weighted by Gasteiger charge is 2.26. The molecule has 1 aliphatic rings. The van der Waals surface area contributed by atoms with E-state index < -0.39 is 11.8 Å². The van der Waals surface area contributed by atoms with E-state index in [2.05, 4.69) is 20.2 Å². The minimum Gasteiger partial charge on any atom is -0.364 e. The number of aromatic nitrogens is 2. The summed E-state index contributed by atoms with van der Waals surface area (Å²) in [5, 5.41) is 3.16. The number of imidazole rings is 1. The highest BCUT2D eigenvalue weighted by Crippen LogP contribution is 2.23. The summed E-state index contributed by atoms with van der Waals surface area (Å²) in [5.41, 5.74) is 6.84. The van der Waals surface area contributed by atoms with Crippen LogP contribution in [0.5, 0.6) is 0 Å². The number of aromatic amines is 1. The minimum absolute atomic E-state index is 0.0257. The molecule has 0 radical (unpaired) electrons. The molecule has 0 atom stereocenters. The minimum atomic E-state index is -0.754. The number of rotatable bonds is 8. The Morgan fingerprint density at radius 3 is 2.48 bits per heavy atom. The fourth-order valence-corrected chi connectivity index (χ4v) is 3.76. The molecule has 2 heterocycles. The zero-order valence-corrected chi connectivity index (χ0v) is 18.5. The van der Waals surface area contributed by atoms with Gasteiger partial charge in [-0.25, -0.2) is 4.98 Å². The summed E-state index contributed by atoms with van der Waals surface area (Å²) < 4.78 is 0. The van der Waals surface area contributed by atoms with Crippen molar-refractivity contribution in [3.63, 3.8) is 0 Å². The molecule has 0 saturated carbocycles. The van der Waals surface area contributed by atoms with Crippen LogP contribution in [0.4, 0.5) is 11.4 Å². The van der Waals surface area contributed by atoms with E-state index in [1.807, 2.05) is 0 Å². The van der Waals surface area contributed by atoms with E-state index in [1.54, 1.807) is 53.4 Å². The van der Waals surface area contributed by atoms with Crippen LogP contribution in [0, 0.1) is 0 Å². The lowest BCUT2D eigenvalue weighted by Gasteiger charge is -2.33. The number of carbonyl (C=O) groups excluding carboxylic acids is 3. The smallest absolute Gasteiger partial charge is 0.279 e. The summed E-state index contributed by atoms with van der Waals surface area (Å²) in [6.45, 7) is 3.08. The molecule has 10 heteroatoms. The molecule has 0 unspecified atom stereocenters. The predicted molar refractivity (Wildman–Crippen MR) is 126 cm³/mol. The molecule has 1 aliphatic heterocycles. The lowest BCUT2D eigenvalue weighted by molar-refractivity contribution is 0.0950. The van der Waals surface area contributed by atoms with Crippen molar-refractivity contribution in [2.75, 3.05) is 36.4 Å². The Labute approximate surface area is 195 Å². The van der Waals surface area contributed by atoms with Crippen LogP contribution in [-0.4, -0.2) is 58.8 Å². The Morgan fingerprint density at radius 2 is 1.85 bits per heavy atom. The van der Waals surface area contributed by atoms with Crippen LogP contribution in [-0.2, 0) is 0 Å². The normalized spacial score (nSPS) is 13.2. The number of nitrogens with zero attached hydrogens (tertiary/aromatic N) is 3. The van der Waals surface area contributed by atoms with Crippen molar-refractivity contribution in [3.05, 3.63) is 76.8 Å². The number of halogens is 1. The maximum atomic E-state index is 13.3. The quantitative estimate of drug-likeness (QED) is 0.470. The fourth-order valence-electron chi connectivity index (χ4n) is 3.54. The highest BCUT2D eigenvalue weighted by atomic mass is 35.5. The molecule has 1 aromatic heterocycles. The van der Waals surface area contributed by atoms with Gasteiger partial charge in [0.25, 0.3) is 17.7 Å². The maximum absolute atomic E-state index is 13.3. The summed E-state index contributed by atoms with van der Waals surface area (Å²) in [6, 6.07) is 13.6. The zero-order valence-electron chi connectivity index (χ0n) is 17.8. The molecule has 4 N–H and O–H groups in total. The molecular weight excluding hydrogens is 444 g/mol. The van der Waals surface area contributed by atoms with Gasteiger partial charge in [-0.05, 0) is 55.9 Å². The van der Waals surface area contributed by atoms with Gasteiger partial charge in [0.1, 0.15) is 5.69 Å².